The first-order valence-electron chi connectivity index (χ1n) is 7.12. The van der Waals surface area contributed by atoms with Gasteiger partial charge in [0, 0.05) is 25.9 Å². The molecule has 0 aromatic carbocycles. The summed E-state index contributed by atoms with van der Waals surface area (Å²) in [4.78, 5) is 16.0. The SMILES string of the molecule is Cc1nc(CCNC(=O)NC2CCCCC2)c(C)o1. The summed E-state index contributed by atoms with van der Waals surface area (Å²) in [5.74, 6) is 1.52. The molecular formula is C14H23N3O2. The molecular weight excluding hydrogens is 242 g/mol. The standard InChI is InChI=1S/C14H23N3O2/c1-10-13(16-11(2)19-10)8-9-15-14(18)17-12-6-4-3-5-7-12/h12H,3-9H2,1-2H3,(H2,15,17,18). The Morgan fingerprint density at radius 2 is 2.05 bits per heavy atom. The Balaban J connectivity index is 1.67. The van der Waals surface area contributed by atoms with E-state index < -0.39 is 0 Å². The molecule has 1 aromatic heterocycles. The van der Waals surface area contributed by atoms with Crippen LogP contribution in [0.3, 0.4) is 0 Å². The Bertz CT molecular complexity index is 422. The van der Waals surface area contributed by atoms with Crippen molar-refractivity contribution in [1.82, 2.24) is 15.6 Å². The van der Waals surface area contributed by atoms with Crippen molar-refractivity contribution in [2.75, 3.05) is 6.54 Å². The van der Waals surface area contributed by atoms with Crippen LogP contribution in [0.15, 0.2) is 4.42 Å². The number of carbonyl (C=O) groups is 1. The van der Waals surface area contributed by atoms with Gasteiger partial charge in [0.15, 0.2) is 5.89 Å². The third kappa shape index (κ3) is 4.26. The van der Waals surface area contributed by atoms with Crippen molar-refractivity contribution in [3.8, 4) is 0 Å². The Morgan fingerprint density at radius 1 is 1.32 bits per heavy atom. The summed E-state index contributed by atoms with van der Waals surface area (Å²) < 4.78 is 5.35. The van der Waals surface area contributed by atoms with Gasteiger partial charge < -0.3 is 15.1 Å². The summed E-state index contributed by atoms with van der Waals surface area (Å²) in [6.07, 6.45) is 6.67. The molecule has 1 heterocycles. The second-order valence-corrected chi connectivity index (χ2v) is 5.22. The van der Waals surface area contributed by atoms with E-state index in [4.69, 9.17) is 4.42 Å². The minimum Gasteiger partial charge on any atom is -0.446 e. The monoisotopic (exact) mass is 265 g/mol. The third-order valence-corrected chi connectivity index (χ3v) is 3.59. The number of urea groups is 1. The molecule has 0 saturated heterocycles. The molecule has 2 rings (SSSR count). The fourth-order valence-electron chi connectivity index (χ4n) is 2.58. The Morgan fingerprint density at radius 3 is 2.68 bits per heavy atom. The molecule has 0 aliphatic heterocycles. The van der Waals surface area contributed by atoms with Gasteiger partial charge in [0.2, 0.25) is 0 Å². The summed E-state index contributed by atoms with van der Waals surface area (Å²) in [5, 5.41) is 5.91. The van der Waals surface area contributed by atoms with Crippen molar-refractivity contribution in [2.24, 2.45) is 0 Å². The Labute approximate surface area is 114 Å². The molecule has 1 saturated carbocycles. The summed E-state index contributed by atoms with van der Waals surface area (Å²) >= 11 is 0. The molecule has 1 aliphatic rings. The van der Waals surface area contributed by atoms with Gasteiger partial charge in [-0.3, -0.25) is 0 Å². The Kier molecular flexibility index (Phi) is 4.82. The van der Waals surface area contributed by atoms with E-state index in [9.17, 15) is 4.79 Å². The highest BCUT2D eigenvalue weighted by molar-refractivity contribution is 5.74. The van der Waals surface area contributed by atoms with E-state index in [-0.39, 0.29) is 6.03 Å². The van der Waals surface area contributed by atoms with Crippen LogP contribution >= 0.6 is 0 Å². The molecule has 5 nitrogen and oxygen atoms in total. The van der Waals surface area contributed by atoms with E-state index in [0.29, 0.717) is 24.9 Å². The second kappa shape index (κ2) is 6.59. The predicted octanol–water partition coefficient (Wildman–Crippen LogP) is 2.47. The molecule has 0 atom stereocenters. The number of hydrogen-bond donors (Lipinski definition) is 2. The molecule has 0 spiro atoms. The van der Waals surface area contributed by atoms with Crippen LogP contribution < -0.4 is 10.6 Å². The maximum absolute atomic E-state index is 11.7. The van der Waals surface area contributed by atoms with Crippen LogP contribution in [-0.4, -0.2) is 23.6 Å². The lowest BCUT2D eigenvalue weighted by atomic mass is 9.96. The molecule has 5 heteroatoms. The Hall–Kier alpha value is -1.52. The van der Waals surface area contributed by atoms with Crippen molar-refractivity contribution < 1.29 is 9.21 Å². The van der Waals surface area contributed by atoms with Crippen LogP contribution in [0.2, 0.25) is 0 Å². The van der Waals surface area contributed by atoms with Crippen molar-refractivity contribution in [3.63, 3.8) is 0 Å². The zero-order valence-electron chi connectivity index (χ0n) is 11.8. The molecule has 2 amide bonds. The second-order valence-electron chi connectivity index (χ2n) is 5.22. The van der Waals surface area contributed by atoms with Crippen LogP contribution in [-0.2, 0) is 6.42 Å². The lowest BCUT2D eigenvalue weighted by molar-refractivity contribution is 0.233. The summed E-state index contributed by atoms with van der Waals surface area (Å²) in [6.45, 7) is 4.32. The molecule has 0 bridgehead atoms. The zero-order chi connectivity index (χ0) is 13.7. The fourth-order valence-corrected chi connectivity index (χ4v) is 2.58. The normalized spacial score (nSPS) is 16.3. The first-order valence-corrected chi connectivity index (χ1v) is 7.12. The van der Waals surface area contributed by atoms with E-state index in [0.717, 1.165) is 24.3 Å². The average Bonchev–Trinajstić information content (AvgIpc) is 2.69. The van der Waals surface area contributed by atoms with Gasteiger partial charge in [-0.2, -0.15) is 0 Å². The van der Waals surface area contributed by atoms with Crippen LogP contribution in [0.1, 0.15) is 49.4 Å². The third-order valence-electron chi connectivity index (χ3n) is 3.59. The minimum absolute atomic E-state index is 0.0650. The van der Waals surface area contributed by atoms with E-state index in [1.807, 2.05) is 13.8 Å². The molecule has 19 heavy (non-hydrogen) atoms. The van der Waals surface area contributed by atoms with E-state index in [2.05, 4.69) is 15.6 Å². The van der Waals surface area contributed by atoms with E-state index in [1.54, 1.807) is 0 Å². The van der Waals surface area contributed by atoms with Crippen molar-refractivity contribution >= 4 is 6.03 Å². The van der Waals surface area contributed by atoms with Gasteiger partial charge >= 0.3 is 6.03 Å². The quantitative estimate of drug-likeness (QED) is 0.878. The maximum atomic E-state index is 11.7. The van der Waals surface area contributed by atoms with Crippen LogP contribution in [0.25, 0.3) is 0 Å². The highest BCUT2D eigenvalue weighted by Gasteiger charge is 2.15. The van der Waals surface area contributed by atoms with Crippen molar-refractivity contribution in [3.05, 3.63) is 17.3 Å². The lowest BCUT2D eigenvalue weighted by Gasteiger charge is -2.22. The number of hydrogen-bond acceptors (Lipinski definition) is 3. The van der Waals surface area contributed by atoms with Gasteiger partial charge in [0.1, 0.15) is 5.76 Å². The highest BCUT2D eigenvalue weighted by Crippen LogP contribution is 2.17. The fraction of sp³-hybridized carbons (Fsp3) is 0.714. The molecule has 0 radical (unpaired) electrons. The number of oxazole rings is 1. The number of aryl methyl sites for hydroxylation is 2. The van der Waals surface area contributed by atoms with Crippen molar-refractivity contribution in [1.29, 1.82) is 0 Å². The maximum Gasteiger partial charge on any atom is 0.315 e. The van der Waals surface area contributed by atoms with Crippen LogP contribution in [0.4, 0.5) is 4.79 Å². The van der Waals surface area contributed by atoms with Gasteiger partial charge in [0.25, 0.3) is 0 Å². The summed E-state index contributed by atoms with van der Waals surface area (Å²) in [7, 11) is 0. The zero-order valence-corrected chi connectivity index (χ0v) is 11.8. The number of nitrogens with one attached hydrogen (secondary N) is 2. The first-order chi connectivity index (χ1) is 9.15. The highest BCUT2D eigenvalue weighted by atomic mass is 16.4. The smallest absolute Gasteiger partial charge is 0.315 e. The lowest BCUT2D eigenvalue weighted by Crippen LogP contribution is -2.43. The number of carbonyl (C=O) groups excluding carboxylic acids is 1. The number of rotatable bonds is 4. The van der Waals surface area contributed by atoms with Crippen LogP contribution in [0.5, 0.6) is 0 Å². The van der Waals surface area contributed by atoms with Gasteiger partial charge in [-0.15, -0.1) is 0 Å². The number of nitrogens with zero attached hydrogens (tertiary/aromatic N) is 1. The molecule has 1 aliphatic carbocycles. The first kappa shape index (κ1) is 13.9. The van der Waals surface area contributed by atoms with E-state index in [1.165, 1.54) is 19.3 Å². The van der Waals surface area contributed by atoms with Crippen LogP contribution in [0, 0.1) is 13.8 Å². The number of aromatic nitrogens is 1. The van der Waals surface area contributed by atoms with Gasteiger partial charge in [-0.1, -0.05) is 19.3 Å². The van der Waals surface area contributed by atoms with Crippen molar-refractivity contribution in [2.45, 2.75) is 58.4 Å². The number of amides is 2. The summed E-state index contributed by atoms with van der Waals surface area (Å²) in [6, 6.07) is 0.287. The molecule has 106 valence electrons. The summed E-state index contributed by atoms with van der Waals surface area (Å²) in [5.41, 5.74) is 0.926. The average molecular weight is 265 g/mol. The van der Waals surface area contributed by atoms with Gasteiger partial charge in [-0.05, 0) is 19.8 Å². The molecule has 1 aromatic rings. The molecule has 2 N–H and O–H groups in total. The van der Waals surface area contributed by atoms with Gasteiger partial charge in [0.05, 0.1) is 5.69 Å². The largest absolute Gasteiger partial charge is 0.446 e. The van der Waals surface area contributed by atoms with Gasteiger partial charge in [-0.25, -0.2) is 9.78 Å². The van der Waals surface area contributed by atoms with E-state index >= 15 is 0 Å². The minimum atomic E-state index is -0.0650. The molecule has 0 unspecified atom stereocenters. The molecule has 1 fully saturated rings. The topological polar surface area (TPSA) is 67.2 Å². The predicted molar refractivity (Wildman–Crippen MR) is 73.1 cm³/mol.